The first-order valence-corrected chi connectivity index (χ1v) is 7.38. The Hall–Kier alpha value is -1.22. The third-order valence-electron chi connectivity index (χ3n) is 2.35. The predicted molar refractivity (Wildman–Crippen MR) is 71.6 cm³/mol. The average Bonchev–Trinajstić information content (AvgIpc) is 2.34. The van der Waals surface area contributed by atoms with Crippen LogP contribution >= 0.6 is 11.6 Å². The van der Waals surface area contributed by atoms with E-state index in [1.54, 1.807) is 0 Å². The minimum Gasteiger partial charge on any atom is -0.330 e. The van der Waals surface area contributed by atoms with Crippen molar-refractivity contribution in [2.45, 2.75) is 17.7 Å². The molecule has 0 fully saturated rings. The Morgan fingerprint density at radius 1 is 1.37 bits per heavy atom. The Bertz CT molecular complexity index is 562. The van der Waals surface area contributed by atoms with Gasteiger partial charge in [0.05, 0.1) is 9.82 Å². The van der Waals surface area contributed by atoms with Gasteiger partial charge in [-0.25, -0.2) is 13.1 Å². The number of nitrogens with zero attached hydrogens (tertiary/aromatic N) is 1. The van der Waals surface area contributed by atoms with E-state index in [2.05, 4.69) is 4.72 Å². The Morgan fingerprint density at radius 2 is 2.05 bits per heavy atom. The Morgan fingerprint density at radius 3 is 2.63 bits per heavy atom. The summed E-state index contributed by atoms with van der Waals surface area (Å²) < 4.78 is 26.1. The van der Waals surface area contributed by atoms with Crippen LogP contribution in [0.3, 0.4) is 0 Å². The number of sulfonamides is 1. The fourth-order valence-electron chi connectivity index (χ4n) is 1.36. The second-order valence-corrected chi connectivity index (χ2v) is 5.94. The van der Waals surface area contributed by atoms with Crippen molar-refractivity contribution in [2.75, 3.05) is 13.1 Å². The van der Waals surface area contributed by atoms with Crippen LogP contribution in [0, 0.1) is 10.1 Å². The number of rotatable bonds is 7. The van der Waals surface area contributed by atoms with Gasteiger partial charge in [0, 0.05) is 12.6 Å². The quantitative estimate of drug-likeness (QED) is 0.447. The lowest BCUT2D eigenvalue weighted by atomic mass is 10.3. The van der Waals surface area contributed by atoms with Gasteiger partial charge in [0.2, 0.25) is 10.0 Å². The van der Waals surface area contributed by atoms with Gasteiger partial charge in [-0.15, -0.1) is 0 Å². The number of hydrogen-bond acceptors (Lipinski definition) is 5. The second-order valence-electron chi connectivity index (χ2n) is 3.76. The molecule has 1 aromatic rings. The van der Waals surface area contributed by atoms with E-state index in [0.29, 0.717) is 19.4 Å². The van der Waals surface area contributed by atoms with Crippen molar-refractivity contribution in [2.24, 2.45) is 5.73 Å². The van der Waals surface area contributed by atoms with Crippen molar-refractivity contribution in [3.63, 3.8) is 0 Å². The Labute approximate surface area is 115 Å². The summed E-state index contributed by atoms with van der Waals surface area (Å²) in [5, 5.41) is 10.6. The molecule has 0 heterocycles. The molecule has 1 aromatic carbocycles. The Balaban J connectivity index is 2.89. The molecule has 0 aliphatic heterocycles. The van der Waals surface area contributed by atoms with E-state index in [1.807, 2.05) is 0 Å². The van der Waals surface area contributed by atoms with Crippen LogP contribution in [-0.4, -0.2) is 26.4 Å². The molecule has 0 saturated carbocycles. The molecule has 0 radical (unpaired) electrons. The fraction of sp³-hybridized carbons (Fsp3) is 0.400. The van der Waals surface area contributed by atoms with Crippen molar-refractivity contribution >= 4 is 27.3 Å². The van der Waals surface area contributed by atoms with Crippen LogP contribution in [0.4, 0.5) is 5.69 Å². The molecule has 9 heteroatoms. The summed E-state index contributed by atoms with van der Waals surface area (Å²) in [7, 11) is -3.77. The number of halogens is 1. The Kier molecular flexibility index (Phi) is 5.67. The van der Waals surface area contributed by atoms with Crippen LogP contribution in [0.2, 0.25) is 5.02 Å². The van der Waals surface area contributed by atoms with E-state index < -0.39 is 20.6 Å². The molecule has 0 aromatic heterocycles. The van der Waals surface area contributed by atoms with Gasteiger partial charge < -0.3 is 5.73 Å². The van der Waals surface area contributed by atoms with Crippen LogP contribution in [-0.2, 0) is 10.0 Å². The van der Waals surface area contributed by atoms with Gasteiger partial charge in [0.15, 0.2) is 0 Å². The molecule has 1 rings (SSSR count). The van der Waals surface area contributed by atoms with Crippen LogP contribution in [0.25, 0.3) is 0 Å². The number of nitrogens with two attached hydrogens (primary N) is 1. The molecule has 0 atom stereocenters. The van der Waals surface area contributed by atoms with Crippen LogP contribution < -0.4 is 10.5 Å². The van der Waals surface area contributed by atoms with Gasteiger partial charge in [0.25, 0.3) is 5.69 Å². The zero-order valence-corrected chi connectivity index (χ0v) is 11.6. The lowest BCUT2D eigenvalue weighted by molar-refractivity contribution is -0.384. The third kappa shape index (κ3) is 4.43. The zero-order valence-electron chi connectivity index (χ0n) is 10.0. The van der Waals surface area contributed by atoms with E-state index in [4.69, 9.17) is 17.3 Å². The molecule has 7 nitrogen and oxygen atoms in total. The standard InChI is InChI=1S/C10H14ClN3O4S/c11-9-4-3-8(7-10(9)14(15)16)19(17,18)13-6-2-1-5-12/h3-4,7,13H,1-2,5-6,12H2. The maximum Gasteiger partial charge on any atom is 0.289 e. The lowest BCUT2D eigenvalue weighted by Crippen LogP contribution is -2.25. The monoisotopic (exact) mass is 307 g/mol. The molecule has 106 valence electrons. The first-order valence-electron chi connectivity index (χ1n) is 5.52. The molecule has 0 aliphatic carbocycles. The van der Waals surface area contributed by atoms with Gasteiger partial charge in [-0.2, -0.15) is 0 Å². The molecule has 3 N–H and O–H groups in total. The molecule has 0 amide bonds. The smallest absolute Gasteiger partial charge is 0.289 e. The molecule has 0 spiro atoms. The maximum absolute atomic E-state index is 11.9. The van der Waals surface area contributed by atoms with E-state index in [-0.39, 0.29) is 16.5 Å². The summed E-state index contributed by atoms with van der Waals surface area (Å²) in [6, 6.07) is 3.35. The van der Waals surface area contributed by atoms with Crippen molar-refractivity contribution < 1.29 is 13.3 Å². The van der Waals surface area contributed by atoms with Gasteiger partial charge in [0.1, 0.15) is 5.02 Å². The van der Waals surface area contributed by atoms with E-state index in [9.17, 15) is 18.5 Å². The first-order chi connectivity index (χ1) is 8.88. The van der Waals surface area contributed by atoms with E-state index in [0.717, 1.165) is 6.07 Å². The number of nitro groups is 1. The molecular weight excluding hydrogens is 294 g/mol. The normalized spacial score (nSPS) is 11.5. The van der Waals surface area contributed by atoms with Crippen LogP contribution in [0.1, 0.15) is 12.8 Å². The van der Waals surface area contributed by atoms with Gasteiger partial charge in [-0.05, 0) is 31.5 Å². The topological polar surface area (TPSA) is 115 Å². The SMILES string of the molecule is NCCCCNS(=O)(=O)c1ccc(Cl)c([N+](=O)[O-])c1. The molecule has 0 unspecified atom stereocenters. The van der Waals surface area contributed by atoms with E-state index >= 15 is 0 Å². The second kappa shape index (κ2) is 6.80. The lowest BCUT2D eigenvalue weighted by Gasteiger charge is -2.06. The highest BCUT2D eigenvalue weighted by Crippen LogP contribution is 2.26. The number of benzene rings is 1. The average molecular weight is 308 g/mol. The minimum absolute atomic E-state index is 0.105. The largest absolute Gasteiger partial charge is 0.330 e. The predicted octanol–water partition coefficient (Wildman–Crippen LogP) is 1.27. The fourth-order valence-corrected chi connectivity index (χ4v) is 2.64. The molecule has 19 heavy (non-hydrogen) atoms. The number of unbranched alkanes of at least 4 members (excludes halogenated alkanes) is 1. The molecule has 0 bridgehead atoms. The highest BCUT2D eigenvalue weighted by molar-refractivity contribution is 7.89. The third-order valence-corrected chi connectivity index (χ3v) is 4.13. The van der Waals surface area contributed by atoms with Gasteiger partial charge in [-0.3, -0.25) is 10.1 Å². The van der Waals surface area contributed by atoms with Crippen molar-refractivity contribution in [1.82, 2.24) is 4.72 Å². The summed E-state index contributed by atoms with van der Waals surface area (Å²) in [6.45, 7) is 0.712. The minimum atomic E-state index is -3.77. The number of nitro benzene ring substituents is 1. The first kappa shape index (κ1) is 15.8. The molecule has 0 aliphatic rings. The summed E-state index contributed by atoms with van der Waals surface area (Å²) in [5.41, 5.74) is 4.85. The van der Waals surface area contributed by atoms with Crippen LogP contribution in [0.15, 0.2) is 23.1 Å². The highest BCUT2D eigenvalue weighted by atomic mass is 35.5. The molecular formula is C10H14ClN3O4S. The highest BCUT2D eigenvalue weighted by Gasteiger charge is 2.20. The van der Waals surface area contributed by atoms with Gasteiger partial charge in [-0.1, -0.05) is 11.6 Å². The number of nitrogens with one attached hydrogen (secondary N) is 1. The summed E-state index contributed by atoms with van der Waals surface area (Å²) in [5.74, 6) is 0. The number of hydrogen-bond donors (Lipinski definition) is 2. The van der Waals surface area contributed by atoms with E-state index in [1.165, 1.54) is 12.1 Å². The summed E-state index contributed by atoms with van der Waals surface area (Å²) >= 11 is 5.62. The maximum atomic E-state index is 11.9. The van der Waals surface area contributed by atoms with Crippen molar-refractivity contribution in [3.05, 3.63) is 33.3 Å². The van der Waals surface area contributed by atoms with Crippen molar-refractivity contribution in [3.8, 4) is 0 Å². The zero-order chi connectivity index (χ0) is 14.5. The molecule has 0 saturated heterocycles. The summed E-state index contributed by atoms with van der Waals surface area (Å²) in [4.78, 5) is 9.78. The summed E-state index contributed by atoms with van der Waals surface area (Å²) in [6.07, 6.45) is 1.30. The van der Waals surface area contributed by atoms with Crippen molar-refractivity contribution in [1.29, 1.82) is 0 Å². The van der Waals surface area contributed by atoms with Crippen LogP contribution in [0.5, 0.6) is 0 Å². The van der Waals surface area contributed by atoms with Gasteiger partial charge >= 0.3 is 0 Å².